The molecule has 2 unspecified atom stereocenters. The van der Waals surface area contributed by atoms with Crippen LogP contribution >= 0.6 is 0 Å². The third-order valence-corrected chi connectivity index (χ3v) is 2.60. The van der Waals surface area contributed by atoms with Gasteiger partial charge in [-0.05, 0) is 26.3 Å². The largest absolute Gasteiger partial charge is 0.339 e. The molecule has 0 saturated carbocycles. The smallest absolute Gasteiger partial charge is 0.228 e. The van der Waals surface area contributed by atoms with Gasteiger partial charge in [0.15, 0.2) is 5.82 Å². The molecular formula is C10H18N4O. The van der Waals surface area contributed by atoms with Gasteiger partial charge in [-0.3, -0.25) is 0 Å². The molecule has 1 aromatic rings. The molecule has 2 heterocycles. The van der Waals surface area contributed by atoms with Crippen LogP contribution in [-0.2, 0) is 12.8 Å². The number of rotatable bonds is 4. The fourth-order valence-corrected chi connectivity index (χ4v) is 1.88. The molecule has 1 saturated heterocycles. The van der Waals surface area contributed by atoms with Crippen molar-refractivity contribution in [3.8, 4) is 0 Å². The molecule has 0 radical (unpaired) electrons. The topological polar surface area (TPSA) is 77.0 Å². The summed E-state index contributed by atoms with van der Waals surface area (Å²) in [6.07, 6.45) is 3.97. The number of nitrogens with zero attached hydrogens (tertiary/aromatic N) is 2. The molecule has 1 aliphatic rings. The molecule has 5 nitrogen and oxygen atoms in total. The highest BCUT2D eigenvalue weighted by Crippen LogP contribution is 2.10. The second-order valence-corrected chi connectivity index (χ2v) is 4.28. The van der Waals surface area contributed by atoms with Crippen molar-refractivity contribution in [1.82, 2.24) is 15.5 Å². The first-order chi connectivity index (χ1) is 7.24. The highest BCUT2D eigenvalue weighted by Gasteiger charge is 2.17. The van der Waals surface area contributed by atoms with Gasteiger partial charge in [0.25, 0.3) is 0 Å². The number of nitrogens with one attached hydrogen (secondary N) is 1. The molecule has 0 spiro atoms. The molecule has 0 amide bonds. The summed E-state index contributed by atoms with van der Waals surface area (Å²) in [6.45, 7) is 3.04. The van der Waals surface area contributed by atoms with Crippen molar-refractivity contribution in [2.75, 3.05) is 6.54 Å². The van der Waals surface area contributed by atoms with Crippen LogP contribution in [0, 0.1) is 0 Å². The summed E-state index contributed by atoms with van der Waals surface area (Å²) in [5, 5.41) is 7.36. The Kier molecular flexibility index (Phi) is 3.33. The Morgan fingerprint density at radius 1 is 1.67 bits per heavy atom. The van der Waals surface area contributed by atoms with Crippen LogP contribution in [0.3, 0.4) is 0 Å². The Morgan fingerprint density at radius 3 is 3.20 bits per heavy atom. The van der Waals surface area contributed by atoms with E-state index >= 15 is 0 Å². The maximum Gasteiger partial charge on any atom is 0.228 e. The van der Waals surface area contributed by atoms with E-state index in [-0.39, 0.29) is 6.04 Å². The van der Waals surface area contributed by atoms with E-state index in [2.05, 4.69) is 15.5 Å². The Hall–Kier alpha value is -0.940. The van der Waals surface area contributed by atoms with Gasteiger partial charge in [0.05, 0.1) is 0 Å². The zero-order valence-corrected chi connectivity index (χ0v) is 9.07. The fourth-order valence-electron chi connectivity index (χ4n) is 1.88. The van der Waals surface area contributed by atoms with Gasteiger partial charge in [0.2, 0.25) is 5.89 Å². The third-order valence-electron chi connectivity index (χ3n) is 2.60. The van der Waals surface area contributed by atoms with Crippen molar-refractivity contribution in [3.05, 3.63) is 11.7 Å². The van der Waals surface area contributed by atoms with Gasteiger partial charge in [-0.2, -0.15) is 4.98 Å². The van der Waals surface area contributed by atoms with Gasteiger partial charge >= 0.3 is 0 Å². The summed E-state index contributed by atoms with van der Waals surface area (Å²) < 4.78 is 5.12. The molecule has 1 aliphatic heterocycles. The van der Waals surface area contributed by atoms with E-state index in [1.165, 1.54) is 12.8 Å². The summed E-state index contributed by atoms with van der Waals surface area (Å²) in [4.78, 5) is 4.32. The van der Waals surface area contributed by atoms with Gasteiger partial charge in [0, 0.05) is 24.9 Å². The van der Waals surface area contributed by atoms with Gasteiger partial charge in [-0.1, -0.05) is 5.16 Å². The average Bonchev–Trinajstić information content (AvgIpc) is 2.77. The van der Waals surface area contributed by atoms with E-state index in [4.69, 9.17) is 10.3 Å². The van der Waals surface area contributed by atoms with Crippen LogP contribution in [0.1, 0.15) is 31.5 Å². The zero-order chi connectivity index (χ0) is 10.7. The SMILES string of the molecule is CC(N)Cc1nc(CC2CCCN2)no1. The lowest BCUT2D eigenvalue weighted by Gasteiger charge is -2.04. The lowest BCUT2D eigenvalue weighted by atomic mass is 10.1. The van der Waals surface area contributed by atoms with E-state index in [0.717, 1.165) is 18.8 Å². The summed E-state index contributed by atoms with van der Waals surface area (Å²) in [5.74, 6) is 1.45. The highest BCUT2D eigenvalue weighted by atomic mass is 16.5. The molecule has 0 aromatic carbocycles. The Balaban J connectivity index is 1.88. The summed E-state index contributed by atoms with van der Waals surface area (Å²) in [6, 6.07) is 0.591. The van der Waals surface area contributed by atoms with Crippen LogP contribution in [0.2, 0.25) is 0 Å². The van der Waals surface area contributed by atoms with Crippen LogP contribution < -0.4 is 11.1 Å². The highest BCUT2D eigenvalue weighted by molar-refractivity contribution is 4.93. The van der Waals surface area contributed by atoms with Crippen molar-refractivity contribution in [1.29, 1.82) is 0 Å². The van der Waals surface area contributed by atoms with Crippen molar-refractivity contribution in [3.63, 3.8) is 0 Å². The lowest BCUT2D eigenvalue weighted by molar-refractivity contribution is 0.365. The molecule has 2 atom stereocenters. The second kappa shape index (κ2) is 4.72. The van der Waals surface area contributed by atoms with Crippen LogP contribution in [0.5, 0.6) is 0 Å². The zero-order valence-electron chi connectivity index (χ0n) is 9.07. The monoisotopic (exact) mass is 210 g/mol. The molecule has 2 rings (SSSR count). The minimum atomic E-state index is 0.0721. The first kappa shape index (κ1) is 10.6. The average molecular weight is 210 g/mol. The lowest BCUT2D eigenvalue weighted by Crippen LogP contribution is -2.24. The third kappa shape index (κ3) is 3.00. The molecule has 0 bridgehead atoms. The molecule has 84 valence electrons. The predicted octanol–water partition coefficient (Wildman–Crippen LogP) is 0.254. The molecule has 5 heteroatoms. The van der Waals surface area contributed by atoms with E-state index in [9.17, 15) is 0 Å². The van der Waals surface area contributed by atoms with Crippen LogP contribution in [0.4, 0.5) is 0 Å². The fraction of sp³-hybridized carbons (Fsp3) is 0.800. The van der Waals surface area contributed by atoms with Crippen LogP contribution in [0.15, 0.2) is 4.52 Å². The number of hydrogen-bond donors (Lipinski definition) is 2. The van der Waals surface area contributed by atoms with Crippen LogP contribution in [0.25, 0.3) is 0 Å². The Morgan fingerprint density at radius 2 is 2.53 bits per heavy atom. The van der Waals surface area contributed by atoms with E-state index in [1.807, 2.05) is 6.92 Å². The van der Waals surface area contributed by atoms with Gasteiger partial charge < -0.3 is 15.6 Å². The second-order valence-electron chi connectivity index (χ2n) is 4.28. The predicted molar refractivity (Wildman–Crippen MR) is 56.4 cm³/mol. The van der Waals surface area contributed by atoms with Crippen molar-refractivity contribution >= 4 is 0 Å². The minimum absolute atomic E-state index is 0.0721. The molecule has 15 heavy (non-hydrogen) atoms. The first-order valence-corrected chi connectivity index (χ1v) is 5.54. The summed E-state index contributed by atoms with van der Waals surface area (Å²) >= 11 is 0. The van der Waals surface area contributed by atoms with Gasteiger partial charge in [0.1, 0.15) is 0 Å². The quantitative estimate of drug-likeness (QED) is 0.745. The Bertz CT molecular complexity index is 304. The minimum Gasteiger partial charge on any atom is -0.339 e. The molecule has 3 N–H and O–H groups in total. The summed E-state index contributed by atoms with van der Waals surface area (Å²) in [5.41, 5.74) is 5.66. The van der Waals surface area contributed by atoms with Crippen molar-refractivity contribution < 1.29 is 4.52 Å². The standard InChI is InChI=1S/C10H18N4O/c1-7(11)5-10-13-9(14-15-10)6-8-3-2-4-12-8/h7-8,12H,2-6,11H2,1H3. The maximum absolute atomic E-state index is 5.66. The number of aromatic nitrogens is 2. The molecular weight excluding hydrogens is 192 g/mol. The first-order valence-electron chi connectivity index (χ1n) is 5.54. The Labute approximate surface area is 89.4 Å². The van der Waals surface area contributed by atoms with Gasteiger partial charge in [-0.25, -0.2) is 0 Å². The normalized spacial score (nSPS) is 23.2. The number of nitrogens with two attached hydrogens (primary N) is 1. The van der Waals surface area contributed by atoms with Gasteiger partial charge in [-0.15, -0.1) is 0 Å². The summed E-state index contributed by atoms with van der Waals surface area (Å²) in [7, 11) is 0. The van der Waals surface area contributed by atoms with Crippen molar-refractivity contribution in [2.45, 2.75) is 44.7 Å². The van der Waals surface area contributed by atoms with E-state index < -0.39 is 0 Å². The molecule has 0 aliphatic carbocycles. The molecule has 1 aromatic heterocycles. The molecule has 1 fully saturated rings. The van der Waals surface area contributed by atoms with Crippen LogP contribution in [-0.4, -0.2) is 28.8 Å². The van der Waals surface area contributed by atoms with Crippen molar-refractivity contribution in [2.24, 2.45) is 5.73 Å². The van der Waals surface area contributed by atoms with E-state index in [1.54, 1.807) is 0 Å². The number of hydrogen-bond acceptors (Lipinski definition) is 5. The maximum atomic E-state index is 5.66. The van der Waals surface area contributed by atoms with E-state index in [0.29, 0.717) is 18.4 Å².